The molecule has 0 amide bonds. The summed E-state index contributed by atoms with van der Waals surface area (Å²) in [5.74, 6) is -20.8. The van der Waals surface area contributed by atoms with E-state index in [0.717, 1.165) is 24.3 Å². The van der Waals surface area contributed by atoms with Crippen molar-refractivity contribution in [3.63, 3.8) is 0 Å². The van der Waals surface area contributed by atoms with Gasteiger partial charge in [0.1, 0.15) is 0 Å². The van der Waals surface area contributed by atoms with Crippen LogP contribution in [0.3, 0.4) is 0 Å². The minimum atomic E-state index is -6.65. The molecule has 0 heterocycles. The Morgan fingerprint density at radius 1 is 0.472 bits per heavy atom. The average molecular weight is 540 g/mol. The summed E-state index contributed by atoms with van der Waals surface area (Å²) in [5, 5.41) is -0.621. The lowest BCUT2D eigenvalue weighted by molar-refractivity contribution is -0.339. The molecule has 0 saturated carbocycles. The largest absolute Gasteiger partial charge is 0.461 e. The maximum atomic E-state index is 13.6. The lowest BCUT2D eigenvalue weighted by atomic mass is 9.93. The molecule has 0 spiro atoms. The SMILES string of the molecule is Cc1ccc2c(C#CC(F)(F)C(F)(F)C(F)(F)F)c(C)ccc2c1C#CC(F)(F)C(F)(F)C(F)(F)F. The molecule has 36 heavy (non-hydrogen) atoms. The molecule has 0 nitrogen and oxygen atoms in total. The van der Waals surface area contributed by atoms with Gasteiger partial charge in [-0.1, -0.05) is 36.1 Å². The number of alkyl halides is 14. The third kappa shape index (κ3) is 4.90. The van der Waals surface area contributed by atoms with Crippen molar-refractivity contribution in [3.8, 4) is 23.7 Å². The first-order valence-electron chi connectivity index (χ1n) is 9.22. The van der Waals surface area contributed by atoms with Crippen LogP contribution in [-0.2, 0) is 0 Å². The van der Waals surface area contributed by atoms with E-state index in [0.29, 0.717) is 11.8 Å². The summed E-state index contributed by atoms with van der Waals surface area (Å²) in [6.45, 7) is 2.35. The van der Waals surface area contributed by atoms with Gasteiger partial charge in [-0.25, -0.2) is 0 Å². The minimum absolute atomic E-state index is 0.0576. The van der Waals surface area contributed by atoms with E-state index in [1.807, 2.05) is 0 Å². The Bertz CT molecular complexity index is 1190. The fourth-order valence-electron chi connectivity index (χ4n) is 2.75. The minimum Gasteiger partial charge on any atom is -0.188 e. The number of hydrogen-bond donors (Lipinski definition) is 0. The van der Waals surface area contributed by atoms with Crippen LogP contribution in [-0.4, -0.2) is 36.0 Å². The van der Waals surface area contributed by atoms with Crippen LogP contribution in [0, 0.1) is 37.5 Å². The highest BCUT2D eigenvalue weighted by Gasteiger charge is 2.73. The van der Waals surface area contributed by atoms with E-state index in [9.17, 15) is 61.5 Å². The summed E-state index contributed by atoms with van der Waals surface area (Å²) >= 11 is 0. The van der Waals surface area contributed by atoms with Gasteiger partial charge in [0.05, 0.1) is 0 Å². The lowest BCUT2D eigenvalue weighted by Gasteiger charge is -2.24. The zero-order valence-electron chi connectivity index (χ0n) is 17.6. The van der Waals surface area contributed by atoms with E-state index in [-0.39, 0.29) is 21.9 Å². The summed E-state index contributed by atoms with van der Waals surface area (Å²) in [6.07, 6.45) is -13.3. The van der Waals surface area contributed by atoms with Gasteiger partial charge in [-0.2, -0.15) is 61.5 Å². The first-order chi connectivity index (χ1) is 16.0. The molecule has 196 valence electrons. The van der Waals surface area contributed by atoms with Crippen LogP contribution >= 0.6 is 0 Å². The second-order valence-electron chi connectivity index (χ2n) is 7.40. The number of aryl methyl sites for hydroxylation is 2. The Kier molecular flexibility index (Phi) is 7.06. The van der Waals surface area contributed by atoms with Gasteiger partial charge >= 0.3 is 36.0 Å². The highest BCUT2D eigenvalue weighted by atomic mass is 19.4. The van der Waals surface area contributed by atoms with Gasteiger partial charge in [-0.05, 0) is 47.6 Å². The van der Waals surface area contributed by atoms with Gasteiger partial charge < -0.3 is 0 Å². The number of halogens is 14. The van der Waals surface area contributed by atoms with Crippen molar-refractivity contribution in [1.29, 1.82) is 0 Å². The molecule has 0 aliphatic carbocycles. The third-order valence-corrected chi connectivity index (χ3v) is 4.81. The van der Waals surface area contributed by atoms with Gasteiger partial charge in [0, 0.05) is 11.1 Å². The van der Waals surface area contributed by atoms with E-state index in [1.54, 1.807) is 0 Å². The Morgan fingerprint density at radius 3 is 1.00 bits per heavy atom. The van der Waals surface area contributed by atoms with Crippen molar-refractivity contribution in [2.24, 2.45) is 0 Å². The van der Waals surface area contributed by atoms with E-state index >= 15 is 0 Å². The monoisotopic (exact) mass is 540 g/mol. The highest BCUT2D eigenvalue weighted by molar-refractivity contribution is 5.94. The summed E-state index contributed by atoms with van der Waals surface area (Å²) in [7, 11) is 0. The van der Waals surface area contributed by atoms with Gasteiger partial charge in [0.2, 0.25) is 0 Å². The molecule has 0 fully saturated rings. The van der Waals surface area contributed by atoms with Crippen LogP contribution < -0.4 is 0 Å². The van der Waals surface area contributed by atoms with Crippen molar-refractivity contribution < 1.29 is 61.5 Å². The van der Waals surface area contributed by atoms with E-state index in [2.05, 4.69) is 0 Å². The van der Waals surface area contributed by atoms with E-state index in [1.165, 1.54) is 25.7 Å². The molecule has 0 aliphatic heterocycles. The maximum absolute atomic E-state index is 13.6. The molecule has 0 aliphatic rings. The molecule has 0 N–H and O–H groups in total. The van der Waals surface area contributed by atoms with Gasteiger partial charge in [-0.15, -0.1) is 0 Å². The Morgan fingerprint density at radius 2 is 0.750 bits per heavy atom. The molecule has 0 aromatic heterocycles. The molecular formula is C22H10F14. The van der Waals surface area contributed by atoms with Crippen molar-refractivity contribution in [2.45, 2.75) is 49.9 Å². The summed E-state index contributed by atoms with van der Waals surface area (Å²) in [6, 6.07) is 4.21. The predicted molar refractivity (Wildman–Crippen MR) is 99.1 cm³/mol. The molecule has 14 heteroatoms. The quantitative estimate of drug-likeness (QED) is 0.269. The number of hydrogen-bond acceptors (Lipinski definition) is 0. The molecule has 0 saturated heterocycles. The molecule has 2 rings (SSSR count). The second kappa shape index (κ2) is 8.75. The number of rotatable bonds is 2. The highest BCUT2D eigenvalue weighted by Crippen LogP contribution is 2.47. The van der Waals surface area contributed by atoms with Crippen molar-refractivity contribution >= 4 is 10.8 Å². The maximum Gasteiger partial charge on any atom is 0.461 e. The Hall–Kier alpha value is -3.16. The fraction of sp³-hybridized carbons (Fsp3) is 0.364. The van der Waals surface area contributed by atoms with Crippen molar-refractivity contribution in [1.82, 2.24) is 0 Å². The Labute approximate surface area is 193 Å². The Balaban J connectivity index is 2.74. The van der Waals surface area contributed by atoms with Gasteiger partial charge in [0.25, 0.3) is 0 Å². The predicted octanol–water partition coefficient (Wildman–Crippen LogP) is 7.83. The second-order valence-corrected chi connectivity index (χ2v) is 7.40. The van der Waals surface area contributed by atoms with Gasteiger partial charge in [-0.3, -0.25) is 0 Å². The molecule has 0 unspecified atom stereocenters. The standard InChI is InChI=1S/C22H10F14/c1-11-3-5-16-14(8-10-18(25,26)20(29,30)22(34,35)36)12(2)4-6-15(16)13(11)7-9-17(23,24)19(27,28)21(31,32)33/h3-6H,1-2H3. The number of fused-ring (bicyclic) bond motifs is 1. The van der Waals surface area contributed by atoms with Crippen LogP contribution in [0.25, 0.3) is 10.8 Å². The summed E-state index contributed by atoms with van der Waals surface area (Å²) in [4.78, 5) is 0. The third-order valence-electron chi connectivity index (χ3n) is 4.81. The van der Waals surface area contributed by atoms with E-state index in [4.69, 9.17) is 0 Å². The zero-order valence-corrected chi connectivity index (χ0v) is 17.6. The first kappa shape index (κ1) is 29.1. The smallest absolute Gasteiger partial charge is 0.188 e. The molecule has 0 bridgehead atoms. The lowest BCUT2D eigenvalue weighted by Crippen LogP contribution is -2.51. The number of benzene rings is 2. The van der Waals surface area contributed by atoms with Crippen LogP contribution in [0.1, 0.15) is 22.3 Å². The molecule has 2 aromatic rings. The van der Waals surface area contributed by atoms with Crippen LogP contribution in [0.5, 0.6) is 0 Å². The van der Waals surface area contributed by atoms with Gasteiger partial charge in [0.15, 0.2) is 0 Å². The topological polar surface area (TPSA) is 0 Å². The van der Waals surface area contributed by atoms with Crippen LogP contribution in [0.15, 0.2) is 24.3 Å². The van der Waals surface area contributed by atoms with Crippen LogP contribution in [0.2, 0.25) is 0 Å². The zero-order chi connectivity index (χ0) is 28.1. The summed E-state index contributed by atoms with van der Waals surface area (Å²) < 4.78 is 181. The van der Waals surface area contributed by atoms with Crippen molar-refractivity contribution in [2.75, 3.05) is 0 Å². The molecular weight excluding hydrogens is 530 g/mol. The van der Waals surface area contributed by atoms with E-state index < -0.39 is 47.2 Å². The molecule has 0 radical (unpaired) electrons. The fourth-order valence-corrected chi connectivity index (χ4v) is 2.75. The summed E-state index contributed by atoms with van der Waals surface area (Å²) in [5.41, 5.74) is -1.25. The first-order valence-corrected chi connectivity index (χ1v) is 9.22. The average Bonchev–Trinajstić information content (AvgIpc) is 2.70. The normalized spacial score (nSPS) is 13.7. The van der Waals surface area contributed by atoms with Crippen molar-refractivity contribution in [3.05, 3.63) is 46.5 Å². The molecule has 0 atom stereocenters. The van der Waals surface area contributed by atoms with Crippen LogP contribution in [0.4, 0.5) is 61.5 Å². The molecule has 2 aromatic carbocycles.